The third kappa shape index (κ3) is 3.03. The maximum absolute atomic E-state index is 3.35. The minimum absolute atomic E-state index is 0.788. The minimum Gasteiger partial charge on any atom is -0.319 e. The van der Waals surface area contributed by atoms with Gasteiger partial charge in [-0.15, -0.1) is 0 Å². The summed E-state index contributed by atoms with van der Waals surface area (Å²) in [6, 6.07) is 0. The second kappa shape index (κ2) is 5.85. The lowest BCUT2D eigenvalue weighted by Crippen LogP contribution is -2.47. The van der Waals surface area contributed by atoms with E-state index in [-0.39, 0.29) is 0 Å². The normalized spacial score (nSPS) is 43.6. The molecule has 4 saturated carbocycles. The van der Waals surface area contributed by atoms with Crippen LogP contribution in [0.4, 0.5) is 0 Å². The van der Waals surface area contributed by atoms with Crippen LogP contribution in [0.2, 0.25) is 0 Å². The van der Waals surface area contributed by atoms with Crippen LogP contribution in [-0.4, -0.2) is 38.1 Å². The Hall–Kier alpha value is -0.0800. The zero-order valence-corrected chi connectivity index (χ0v) is 13.9. The lowest BCUT2D eigenvalue weighted by molar-refractivity contribution is -0.0618. The number of nitrogens with one attached hydrogen (secondary N) is 1. The van der Waals surface area contributed by atoms with Crippen molar-refractivity contribution in [3.05, 3.63) is 0 Å². The molecule has 0 spiro atoms. The fourth-order valence-corrected chi connectivity index (χ4v) is 6.69. The van der Waals surface area contributed by atoms with Crippen LogP contribution in [0.15, 0.2) is 0 Å². The van der Waals surface area contributed by atoms with Crippen LogP contribution in [0.5, 0.6) is 0 Å². The van der Waals surface area contributed by atoms with Crippen LogP contribution in [0, 0.1) is 29.1 Å². The second-order valence-corrected chi connectivity index (χ2v) is 9.01. The van der Waals surface area contributed by atoms with E-state index in [1.165, 1.54) is 45.4 Å². The molecule has 0 aromatic heterocycles. The molecule has 4 bridgehead atoms. The summed E-state index contributed by atoms with van der Waals surface area (Å²) in [5.41, 5.74) is 0.788. The summed E-state index contributed by atoms with van der Waals surface area (Å²) in [6.45, 7) is 5.35. The Balaban J connectivity index is 1.28. The molecule has 0 unspecified atom stereocenters. The van der Waals surface area contributed by atoms with Gasteiger partial charge in [-0.05, 0) is 120 Å². The molecule has 1 heterocycles. The standard InChI is InChI=1S/C19H34N2/c1-20-14-15-2-5-21(6-3-15)7-4-19-11-16-8-17(12-19)10-18(9-16)13-19/h15-18,20H,2-14H2,1H3. The van der Waals surface area contributed by atoms with Gasteiger partial charge in [0.15, 0.2) is 0 Å². The van der Waals surface area contributed by atoms with Crippen molar-refractivity contribution in [3.8, 4) is 0 Å². The molecule has 5 aliphatic rings. The van der Waals surface area contributed by atoms with Crippen molar-refractivity contribution in [2.24, 2.45) is 29.1 Å². The summed E-state index contributed by atoms with van der Waals surface area (Å²) >= 11 is 0. The highest BCUT2D eigenvalue weighted by molar-refractivity contribution is 5.01. The fraction of sp³-hybridized carbons (Fsp3) is 1.00. The van der Waals surface area contributed by atoms with Crippen molar-refractivity contribution in [2.45, 2.75) is 57.8 Å². The van der Waals surface area contributed by atoms with Gasteiger partial charge in [0.25, 0.3) is 0 Å². The molecule has 0 aromatic carbocycles. The first-order chi connectivity index (χ1) is 10.2. The summed E-state index contributed by atoms with van der Waals surface area (Å²) in [7, 11) is 2.10. The maximum atomic E-state index is 3.35. The summed E-state index contributed by atoms with van der Waals surface area (Å²) in [5, 5.41) is 3.35. The molecule has 120 valence electrons. The van der Waals surface area contributed by atoms with Gasteiger partial charge in [0.1, 0.15) is 0 Å². The van der Waals surface area contributed by atoms with Crippen molar-refractivity contribution < 1.29 is 0 Å². The molecule has 0 atom stereocenters. The Morgan fingerprint density at radius 1 is 0.952 bits per heavy atom. The Kier molecular flexibility index (Phi) is 4.04. The van der Waals surface area contributed by atoms with Crippen molar-refractivity contribution in [1.29, 1.82) is 0 Å². The van der Waals surface area contributed by atoms with E-state index in [0.717, 1.165) is 29.1 Å². The Bertz CT molecular complexity index is 321. The van der Waals surface area contributed by atoms with E-state index in [1.54, 1.807) is 38.5 Å². The van der Waals surface area contributed by atoms with Gasteiger partial charge in [-0.3, -0.25) is 0 Å². The van der Waals surface area contributed by atoms with Gasteiger partial charge < -0.3 is 10.2 Å². The molecule has 1 aliphatic heterocycles. The van der Waals surface area contributed by atoms with E-state index in [2.05, 4.69) is 17.3 Å². The van der Waals surface area contributed by atoms with Crippen LogP contribution >= 0.6 is 0 Å². The molecule has 0 aromatic rings. The van der Waals surface area contributed by atoms with E-state index in [4.69, 9.17) is 0 Å². The number of rotatable bonds is 5. The molecule has 5 rings (SSSR count). The molecule has 1 N–H and O–H groups in total. The predicted octanol–water partition coefficient (Wildman–Crippen LogP) is 3.52. The average molecular weight is 290 g/mol. The zero-order chi connectivity index (χ0) is 14.3. The zero-order valence-electron chi connectivity index (χ0n) is 13.9. The van der Waals surface area contributed by atoms with E-state index < -0.39 is 0 Å². The first-order valence-electron chi connectivity index (χ1n) is 9.62. The molecule has 2 nitrogen and oxygen atoms in total. The SMILES string of the molecule is CNCC1CCN(CCC23CC4CC(CC(C4)C2)C3)CC1. The van der Waals surface area contributed by atoms with Gasteiger partial charge in [0.2, 0.25) is 0 Å². The molecule has 1 saturated heterocycles. The van der Waals surface area contributed by atoms with Gasteiger partial charge in [-0.2, -0.15) is 0 Å². The predicted molar refractivity (Wildman–Crippen MR) is 88.3 cm³/mol. The highest BCUT2D eigenvalue weighted by Crippen LogP contribution is 2.61. The number of piperidine rings is 1. The summed E-state index contributed by atoms with van der Waals surface area (Å²) < 4.78 is 0. The third-order valence-corrected chi connectivity index (χ3v) is 7.32. The van der Waals surface area contributed by atoms with Crippen LogP contribution < -0.4 is 5.32 Å². The molecule has 0 radical (unpaired) electrons. The van der Waals surface area contributed by atoms with Crippen LogP contribution in [0.25, 0.3) is 0 Å². The Labute approximate surface area is 131 Å². The molecule has 21 heavy (non-hydrogen) atoms. The first-order valence-corrected chi connectivity index (χ1v) is 9.62. The highest BCUT2D eigenvalue weighted by Gasteiger charge is 2.50. The fourth-order valence-electron chi connectivity index (χ4n) is 6.69. The van der Waals surface area contributed by atoms with Crippen LogP contribution in [-0.2, 0) is 0 Å². The van der Waals surface area contributed by atoms with Gasteiger partial charge in [-0.1, -0.05) is 0 Å². The number of hydrogen-bond acceptors (Lipinski definition) is 2. The van der Waals surface area contributed by atoms with Crippen molar-refractivity contribution in [2.75, 3.05) is 33.2 Å². The third-order valence-electron chi connectivity index (χ3n) is 7.32. The summed E-state index contributed by atoms with van der Waals surface area (Å²) in [4.78, 5) is 2.78. The second-order valence-electron chi connectivity index (χ2n) is 9.01. The largest absolute Gasteiger partial charge is 0.319 e. The first kappa shape index (κ1) is 14.5. The molecule has 0 amide bonds. The smallest absolute Gasteiger partial charge is 0.00134 e. The van der Waals surface area contributed by atoms with E-state index in [9.17, 15) is 0 Å². The quantitative estimate of drug-likeness (QED) is 0.833. The van der Waals surface area contributed by atoms with E-state index >= 15 is 0 Å². The van der Waals surface area contributed by atoms with Gasteiger partial charge in [0.05, 0.1) is 0 Å². The topological polar surface area (TPSA) is 15.3 Å². The number of likely N-dealkylation sites (tertiary alicyclic amines) is 1. The number of nitrogens with zero attached hydrogens (tertiary/aromatic N) is 1. The maximum Gasteiger partial charge on any atom is -0.00134 e. The number of hydrogen-bond donors (Lipinski definition) is 1. The average Bonchev–Trinajstić information content (AvgIpc) is 2.46. The highest BCUT2D eigenvalue weighted by atomic mass is 15.1. The Morgan fingerprint density at radius 2 is 1.52 bits per heavy atom. The van der Waals surface area contributed by atoms with Gasteiger partial charge in [-0.25, -0.2) is 0 Å². The van der Waals surface area contributed by atoms with Crippen molar-refractivity contribution in [3.63, 3.8) is 0 Å². The van der Waals surface area contributed by atoms with E-state index in [0.29, 0.717) is 0 Å². The van der Waals surface area contributed by atoms with Gasteiger partial charge in [0, 0.05) is 0 Å². The molecular formula is C19H34N2. The van der Waals surface area contributed by atoms with Crippen LogP contribution in [0.1, 0.15) is 57.8 Å². The summed E-state index contributed by atoms with van der Waals surface area (Å²) in [6.07, 6.45) is 13.9. The molecule has 2 heteroatoms. The monoisotopic (exact) mass is 290 g/mol. The minimum atomic E-state index is 0.788. The molecule has 5 fully saturated rings. The van der Waals surface area contributed by atoms with Crippen molar-refractivity contribution >= 4 is 0 Å². The van der Waals surface area contributed by atoms with Crippen molar-refractivity contribution in [1.82, 2.24) is 10.2 Å². The summed E-state index contributed by atoms with van der Waals surface area (Å²) in [5.74, 6) is 4.30. The van der Waals surface area contributed by atoms with E-state index in [1.807, 2.05) is 0 Å². The Morgan fingerprint density at radius 3 is 2.05 bits per heavy atom. The van der Waals surface area contributed by atoms with Crippen LogP contribution in [0.3, 0.4) is 0 Å². The lowest BCUT2D eigenvalue weighted by atomic mass is 9.49. The van der Waals surface area contributed by atoms with Gasteiger partial charge >= 0.3 is 0 Å². The lowest BCUT2D eigenvalue weighted by Gasteiger charge is -2.57. The molecule has 4 aliphatic carbocycles. The molecular weight excluding hydrogens is 256 g/mol.